The van der Waals surface area contributed by atoms with Gasteiger partial charge in [0.1, 0.15) is 11.3 Å². The van der Waals surface area contributed by atoms with Gasteiger partial charge in [-0.1, -0.05) is 0 Å². The number of benzene rings is 1. The minimum atomic E-state index is -0.359. The van der Waals surface area contributed by atoms with Crippen LogP contribution in [-0.2, 0) is 6.54 Å². The van der Waals surface area contributed by atoms with Crippen LogP contribution in [0.25, 0.3) is 11.0 Å². The second-order valence-electron chi connectivity index (χ2n) is 9.15. The largest absolute Gasteiger partial charge is 0.508 e. The Morgan fingerprint density at radius 1 is 1.15 bits per heavy atom. The van der Waals surface area contributed by atoms with Crippen LogP contribution in [0.5, 0.6) is 5.75 Å². The molecule has 2 aromatic rings. The molecule has 0 radical (unpaired) electrons. The molecule has 4 nitrogen and oxygen atoms in total. The van der Waals surface area contributed by atoms with Crippen molar-refractivity contribution in [2.24, 2.45) is 23.2 Å². The van der Waals surface area contributed by atoms with E-state index in [4.69, 9.17) is 4.42 Å². The molecule has 1 aromatic carbocycles. The van der Waals surface area contributed by atoms with E-state index in [1.165, 1.54) is 44.6 Å². The number of aromatic hydroxyl groups is 1. The van der Waals surface area contributed by atoms with E-state index in [1.807, 2.05) is 6.07 Å². The Labute approximate surface area is 153 Å². The minimum Gasteiger partial charge on any atom is -0.508 e. The van der Waals surface area contributed by atoms with Crippen molar-refractivity contribution in [3.63, 3.8) is 0 Å². The van der Waals surface area contributed by atoms with E-state index >= 15 is 0 Å². The zero-order chi connectivity index (χ0) is 17.9. The van der Waals surface area contributed by atoms with E-state index in [1.54, 1.807) is 12.1 Å². The molecule has 1 heterocycles. The van der Waals surface area contributed by atoms with E-state index < -0.39 is 0 Å². The number of rotatable bonds is 4. The standard InChI is InChI=1S/C22H27NO3/c1-13(22-9-14-4-15(10-22)6-16(5-14)11-22)23-12-17-7-21(25)26-20-8-18(24)2-3-19(17)20/h2-3,7-8,13-16,23-24H,4-6,9-12H2,1H3/t13-,14?,15?,16?,22?/m0/s1. The maximum absolute atomic E-state index is 11.9. The van der Waals surface area contributed by atoms with E-state index in [2.05, 4.69) is 12.2 Å². The van der Waals surface area contributed by atoms with Crippen molar-refractivity contribution in [2.45, 2.75) is 58.0 Å². The fourth-order valence-electron chi connectivity index (χ4n) is 6.55. The number of hydrogen-bond donors (Lipinski definition) is 2. The van der Waals surface area contributed by atoms with Crippen LogP contribution in [0, 0.1) is 23.2 Å². The first-order valence-electron chi connectivity index (χ1n) is 10.00. The van der Waals surface area contributed by atoms with Crippen LogP contribution in [0.4, 0.5) is 0 Å². The molecule has 0 saturated heterocycles. The Morgan fingerprint density at radius 3 is 2.46 bits per heavy atom. The monoisotopic (exact) mass is 353 g/mol. The summed E-state index contributed by atoms with van der Waals surface area (Å²) < 4.78 is 5.25. The van der Waals surface area contributed by atoms with Gasteiger partial charge in [0.2, 0.25) is 0 Å². The van der Waals surface area contributed by atoms with Crippen molar-refractivity contribution < 1.29 is 9.52 Å². The van der Waals surface area contributed by atoms with Gasteiger partial charge in [0.05, 0.1) is 0 Å². The third kappa shape index (κ3) is 2.66. The Balaban J connectivity index is 1.38. The average Bonchev–Trinajstić information content (AvgIpc) is 2.57. The quantitative estimate of drug-likeness (QED) is 0.809. The normalized spacial score (nSPS) is 33.7. The van der Waals surface area contributed by atoms with Gasteiger partial charge >= 0.3 is 5.63 Å². The zero-order valence-electron chi connectivity index (χ0n) is 15.3. The molecule has 4 bridgehead atoms. The van der Waals surface area contributed by atoms with Crippen LogP contribution in [-0.4, -0.2) is 11.1 Å². The van der Waals surface area contributed by atoms with Crippen molar-refractivity contribution in [3.05, 3.63) is 40.2 Å². The second kappa shape index (κ2) is 5.85. The summed E-state index contributed by atoms with van der Waals surface area (Å²) >= 11 is 0. The third-order valence-electron chi connectivity index (χ3n) is 7.42. The summed E-state index contributed by atoms with van der Waals surface area (Å²) in [6, 6.07) is 7.03. The molecule has 4 aliphatic rings. The summed E-state index contributed by atoms with van der Waals surface area (Å²) in [6.07, 6.45) is 8.50. The summed E-state index contributed by atoms with van der Waals surface area (Å²) in [5.41, 5.74) is 1.49. The summed E-state index contributed by atoms with van der Waals surface area (Å²) in [5.74, 6) is 2.95. The van der Waals surface area contributed by atoms with Crippen LogP contribution < -0.4 is 10.9 Å². The maximum atomic E-state index is 11.9. The topological polar surface area (TPSA) is 62.5 Å². The van der Waals surface area contributed by atoms with E-state index in [9.17, 15) is 9.90 Å². The van der Waals surface area contributed by atoms with Gasteiger partial charge in [-0.2, -0.15) is 0 Å². The molecule has 4 heteroatoms. The highest BCUT2D eigenvalue weighted by atomic mass is 16.4. The van der Waals surface area contributed by atoms with E-state index in [-0.39, 0.29) is 11.4 Å². The van der Waals surface area contributed by atoms with Crippen molar-refractivity contribution in [1.29, 1.82) is 0 Å². The molecule has 1 aromatic heterocycles. The highest BCUT2D eigenvalue weighted by molar-refractivity contribution is 5.81. The van der Waals surface area contributed by atoms with Crippen molar-refractivity contribution >= 4 is 11.0 Å². The first-order chi connectivity index (χ1) is 12.5. The molecule has 4 saturated carbocycles. The van der Waals surface area contributed by atoms with Gasteiger partial charge in [-0.25, -0.2) is 4.79 Å². The molecule has 0 spiro atoms. The molecule has 2 N–H and O–H groups in total. The predicted molar refractivity (Wildman–Crippen MR) is 101 cm³/mol. The smallest absolute Gasteiger partial charge is 0.336 e. The second-order valence-corrected chi connectivity index (χ2v) is 9.15. The number of phenols is 1. The molecule has 138 valence electrons. The predicted octanol–water partition coefficient (Wildman–Crippen LogP) is 4.19. The Morgan fingerprint density at radius 2 is 1.81 bits per heavy atom. The van der Waals surface area contributed by atoms with Crippen LogP contribution in [0.15, 0.2) is 33.5 Å². The van der Waals surface area contributed by atoms with Gasteiger partial charge in [0.15, 0.2) is 0 Å². The first-order valence-corrected chi connectivity index (χ1v) is 10.00. The molecule has 0 amide bonds. The first kappa shape index (κ1) is 16.4. The summed E-state index contributed by atoms with van der Waals surface area (Å²) in [6.45, 7) is 3.00. The lowest BCUT2D eigenvalue weighted by Crippen LogP contribution is -2.54. The Hall–Kier alpha value is -1.81. The van der Waals surface area contributed by atoms with Crippen LogP contribution in [0.3, 0.4) is 0 Å². The Bertz CT molecular complexity index is 865. The summed E-state index contributed by atoms with van der Waals surface area (Å²) in [4.78, 5) is 11.9. The summed E-state index contributed by atoms with van der Waals surface area (Å²) in [5, 5.41) is 14.3. The molecule has 4 fully saturated rings. The molecule has 1 atom stereocenters. The highest BCUT2D eigenvalue weighted by Gasteiger charge is 2.52. The number of fused-ring (bicyclic) bond motifs is 1. The van der Waals surface area contributed by atoms with E-state index in [0.29, 0.717) is 23.6 Å². The molecule has 26 heavy (non-hydrogen) atoms. The van der Waals surface area contributed by atoms with Crippen molar-refractivity contribution in [3.8, 4) is 5.75 Å². The van der Waals surface area contributed by atoms with Gasteiger partial charge in [-0.05, 0) is 86.3 Å². The van der Waals surface area contributed by atoms with Gasteiger partial charge in [0.25, 0.3) is 0 Å². The van der Waals surface area contributed by atoms with Gasteiger partial charge in [-0.15, -0.1) is 0 Å². The lowest BCUT2D eigenvalue weighted by Gasteiger charge is -2.59. The molecule has 6 rings (SSSR count). The lowest BCUT2D eigenvalue weighted by molar-refractivity contribution is -0.0706. The summed E-state index contributed by atoms with van der Waals surface area (Å²) in [7, 11) is 0. The van der Waals surface area contributed by atoms with Crippen LogP contribution in [0.1, 0.15) is 51.0 Å². The Kier molecular flexibility index (Phi) is 3.68. The number of phenolic OH excluding ortho intramolecular Hbond substituents is 1. The molecular formula is C22H27NO3. The average molecular weight is 353 g/mol. The number of nitrogens with one attached hydrogen (secondary N) is 1. The van der Waals surface area contributed by atoms with E-state index in [0.717, 1.165) is 28.7 Å². The molecular weight excluding hydrogens is 326 g/mol. The zero-order valence-corrected chi connectivity index (χ0v) is 15.3. The van der Waals surface area contributed by atoms with Crippen LogP contribution in [0.2, 0.25) is 0 Å². The van der Waals surface area contributed by atoms with Crippen molar-refractivity contribution in [2.75, 3.05) is 0 Å². The SMILES string of the molecule is C[C@H](NCc1cc(=O)oc2cc(O)ccc12)C12CC3CC(CC(C3)C1)C2. The third-order valence-corrected chi connectivity index (χ3v) is 7.42. The molecule has 0 aliphatic heterocycles. The van der Waals surface area contributed by atoms with Gasteiger partial charge < -0.3 is 14.8 Å². The number of hydrogen-bond acceptors (Lipinski definition) is 4. The molecule has 4 aliphatic carbocycles. The molecule has 0 unspecified atom stereocenters. The fraction of sp³-hybridized carbons (Fsp3) is 0.591. The highest BCUT2D eigenvalue weighted by Crippen LogP contribution is 2.61. The lowest BCUT2D eigenvalue weighted by atomic mass is 9.48. The van der Waals surface area contributed by atoms with Crippen molar-refractivity contribution in [1.82, 2.24) is 5.32 Å². The van der Waals surface area contributed by atoms with Gasteiger partial charge in [0, 0.05) is 30.1 Å². The van der Waals surface area contributed by atoms with Gasteiger partial charge in [-0.3, -0.25) is 0 Å². The minimum absolute atomic E-state index is 0.118. The fourth-order valence-corrected chi connectivity index (χ4v) is 6.55. The van der Waals surface area contributed by atoms with Crippen LogP contribution >= 0.6 is 0 Å². The maximum Gasteiger partial charge on any atom is 0.336 e.